The summed E-state index contributed by atoms with van der Waals surface area (Å²) >= 11 is 6.10. The number of nitrogens with two attached hydrogens (primary N) is 1. The molecule has 0 bridgehead atoms. The fraction of sp³-hybridized carbons (Fsp3) is 0.448. The molecule has 0 spiro atoms. The summed E-state index contributed by atoms with van der Waals surface area (Å²) in [5.41, 5.74) is 8.99. The lowest BCUT2D eigenvalue weighted by Gasteiger charge is -2.47. The van der Waals surface area contributed by atoms with Crippen molar-refractivity contribution in [1.82, 2.24) is 14.8 Å². The minimum atomic E-state index is -0.432. The van der Waals surface area contributed by atoms with Crippen molar-refractivity contribution in [3.8, 4) is 0 Å². The van der Waals surface area contributed by atoms with Gasteiger partial charge >= 0.3 is 0 Å². The molecule has 1 aliphatic carbocycles. The van der Waals surface area contributed by atoms with Gasteiger partial charge in [-0.15, -0.1) is 0 Å². The van der Waals surface area contributed by atoms with E-state index in [2.05, 4.69) is 48.2 Å². The SMILES string of the molecule is CN(C)C1(Cc2ccc(Cl)cc2)CCC(N(CCc2c[nH]c3ccccc23)C(=O)CCC(N)=O)CC1. The quantitative estimate of drug-likeness (QED) is 0.406. The van der Waals surface area contributed by atoms with Crippen LogP contribution in [0.15, 0.2) is 54.7 Å². The number of halogens is 1. The van der Waals surface area contributed by atoms with Crippen LogP contribution in [-0.4, -0.2) is 58.8 Å². The first-order valence-electron chi connectivity index (χ1n) is 12.8. The number of carbonyl (C=O) groups is 2. The van der Waals surface area contributed by atoms with Crippen molar-refractivity contribution in [1.29, 1.82) is 0 Å². The van der Waals surface area contributed by atoms with Gasteiger partial charge in [0.2, 0.25) is 11.8 Å². The number of aromatic amines is 1. The lowest BCUT2D eigenvalue weighted by Crippen LogP contribution is -2.53. The van der Waals surface area contributed by atoms with E-state index < -0.39 is 5.91 Å². The number of fused-ring (bicyclic) bond motifs is 1. The summed E-state index contributed by atoms with van der Waals surface area (Å²) < 4.78 is 0. The normalized spacial score (nSPS) is 20.1. The highest BCUT2D eigenvalue weighted by Crippen LogP contribution is 2.37. The van der Waals surface area contributed by atoms with Crippen molar-refractivity contribution in [2.45, 2.75) is 62.9 Å². The minimum absolute atomic E-state index is 0.0219. The largest absolute Gasteiger partial charge is 0.370 e. The summed E-state index contributed by atoms with van der Waals surface area (Å²) in [6.45, 7) is 0.635. The zero-order valence-electron chi connectivity index (χ0n) is 21.3. The van der Waals surface area contributed by atoms with Gasteiger partial charge in [-0.05, 0) is 81.9 Å². The Morgan fingerprint density at radius 2 is 1.75 bits per heavy atom. The van der Waals surface area contributed by atoms with Crippen LogP contribution in [0.4, 0.5) is 0 Å². The molecule has 192 valence electrons. The Morgan fingerprint density at radius 3 is 2.42 bits per heavy atom. The molecule has 1 fully saturated rings. The van der Waals surface area contributed by atoms with E-state index in [4.69, 9.17) is 17.3 Å². The Morgan fingerprint density at radius 1 is 1.06 bits per heavy atom. The predicted octanol–water partition coefficient (Wildman–Crippen LogP) is 4.94. The molecule has 1 saturated carbocycles. The van der Waals surface area contributed by atoms with E-state index in [0.717, 1.165) is 49.1 Å². The van der Waals surface area contributed by atoms with Crippen molar-refractivity contribution < 1.29 is 9.59 Å². The number of amides is 2. The molecule has 0 saturated heterocycles. The van der Waals surface area contributed by atoms with Gasteiger partial charge in [0.05, 0.1) is 0 Å². The molecule has 0 aliphatic heterocycles. The molecule has 6 nitrogen and oxygen atoms in total. The topological polar surface area (TPSA) is 82.4 Å². The second kappa shape index (κ2) is 11.5. The average Bonchev–Trinajstić information content (AvgIpc) is 3.28. The van der Waals surface area contributed by atoms with Crippen molar-refractivity contribution >= 4 is 34.3 Å². The van der Waals surface area contributed by atoms with E-state index in [1.54, 1.807) is 0 Å². The van der Waals surface area contributed by atoms with Crippen LogP contribution < -0.4 is 5.73 Å². The minimum Gasteiger partial charge on any atom is -0.370 e. The molecule has 7 heteroatoms. The summed E-state index contributed by atoms with van der Waals surface area (Å²) in [6.07, 6.45) is 7.89. The van der Waals surface area contributed by atoms with Crippen LogP contribution in [0, 0.1) is 0 Å². The predicted molar refractivity (Wildman–Crippen MR) is 146 cm³/mol. The van der Waals surface area contributed by atoms with Gasteiger partial charge in [0.25, 0.3) is 0 Å². The third kappa shape index (κ3) is 6.11. The van der Waals surface area contributed by atoms with E-state index in [1.165, 1.54) is 16.5 Å². The molecule has 0 radical (unpaired) electrons. The van der Waals surface area contributed by atoms with Crippen LogP contribution >= 0.6 is 11.6 Å². The molecule has 1 heterocycles. The molecule has 3 aromatic rings. The van der Waals surface area contributed by atoms with Gasteiger partial charge in [-0.2, -0.15) is 0 Å². The maximum Gasteiger partial charge on any atom is 0.223 e. The van der Waals surface area contributed by atoms with Gasteiger partial charge in [0.15, 0.2) is 0 Å². The summed E-state index contributed by atoms with van der Waals surface area (Å²) in [7, 11) is 4.31. The number of primary amides is 1. The molecule has 2 aromatic carbocycles. The van der Waals surface area contributed by atoms with Gasteiger partial charge in [-0.1, -0.05) is 41.9 Å². The number of hydrogen-bond acceptors (Lipinski definition) is 3. The molecule has 0 unspecified atom stereocenters. The fourth-order valence-electron chi connectivity index (χ4n) is 5.68. The lowest BCUT2D eigenvalue weighted by molar-refractivity contribution is -0.136. The van der Waals surface area contributed by atoms with E-state index in [9.17, 15) is 9.59 Å². The highest BCUT2D eigenvalue weighted by atomic mass is 35.5. The molecule has 2 amide bonds. The molecular weight excluding hydrogens is 472 g/mol. The Hall–Kier alpha value is -2.83. The average molecular weight is 509 g/mol. The number of benzene rings is 2. The Labute approximate surface area is 218 Å². The first-order chi connectivity index (χ1) is 17.3. The van der Waals surface area contributed by atoms with Gasteiger partial charge in [-0.3, -0.25) is 9.59 Å². The third-order valence-corrected chi connectivity index (χ3v) is 8.18. The zero-order chi connectivity index (χ0) is 25.7. The summed E-state index contributed by atoms with van der Waals surface area (Å²) in [5, 5.41) is 1.95. The number of likely N-dealkylation sites (N-methyl/N-ethyl adjacent to an activating group) is 1. The molecule has 4 rings (SSSR count). The van der Waals surface area contributed by atoms with Crippen LogP contribution in [0.2, 0.25) is 5.02 Å². The van der Waals surface area contributed by atoms with Gasteiger partial charge in [-0.25, -0.2) is 0 Å². The Bertz CT molecular complexity index is 1180. The number of H-pyrrole nitrogens is 1. The van der Waals surface area contributed by atoms with Crippen LogP contribution in [0.1, 0.15) is 49.7 Å². The number of carbonyl (C=O) groups excluding carboxylic acids is 2. The van der Waals surface area contributed by atoms with Gasteiger partial charge in [0.1, 0.15) is 0 Å². The Kier molecular flexibility index (Phi) is 8.37. The van der Waals surface area contributed by atoms with Crippen LogP contribution in [0.25, 0.3) is 10.9 Å². The molecule has 0 atom stereocenters. The van der Waals surface area contributed by atoms with Crippen LogP contribution in [0.3, 0.4) is 0 Å². The number of rotatable bonds is 10. The fourth-order valence-corrected chi connectivity index (χ4v) is 5.81. The highest BCUT2D eigenvalue weighted by molar-refractivity contribution is 6.30. The Balaban J connectivity index is 1.47. The third-order valence-electron chi connectivity index (χ3n) is 7.92. The molecule has 1 aromatic heterocycles. The van der Waals surface area contributed by atoms with E-state index in [1.807, 2.05) is 35.4 Å². The summed E-state index contributed by atoms with van der Waals surface area (Å²) in [5.74, 6) is -0.410. The van der Waals surface area contributed by atoms with E-state index in [-0.39, 0.29) is 30.3 Å². The van der Waals surface area contributed by atoms with E-state index >= 15 is 0 Å². The van der Waals surface area contributed by atoms with Crippen molar-refractivity contribution in [3.05, 3.63) is 70.9 Å². The lowest BCUT2D eigenvalue weighted by atomic mass is 9.74. The molecule has 3 N–H and O–H groups in total. The molecule has 1 aliphatic rings. The first-order valence-corrected chi connectivity index (χ1v) is 13.2. The number of aromatic nitrogens is 1. The van der Waals surface area contributed by atoms with Crippen molar-refractivity contribution in [2.24, 2.45) is 5.73 Å². The van der Waals surface area contributed by atoms with Crippen molar-refractivity contribution in [2.75, 3.05) is 20.6 Å². The number of para-hydroxylation sites is 1. The van der Waals surface area contributed by atoms with E-state index in [0.29, 0.717) is 6.54 Å². The van der Waals surface area contributed by atoms with Crippen LogP contribution in [-0.2, 0) is 22.4 Å². The van der Waals surface area contributed by atoms with Gasteiger partial charge in [0, 0.05) is 53.1 Å². The second-order valence-electron chi connectivity index (χ2n) is 10.3. The standard InChI is InChI=1S/C29H37ClN4O2/c1-33(2)29(19-21-7-9-23(30)10-8-21)16-13-24(14-17-29)34(28(36)12-11-27(31)35)18-15-22-20-32-26-6-4-3-5-25(22)26/h3-10,20,24,32H,11-19H2,1-2H3,(H2,31,35). The maximum atomic E-state index is 13.3. The van der Waals surface area contributed by atoms with Crippen molar-refractivity contribution in [3.63, 3.8) is 0 Å². The second-order valence-corrected chi connectivity index (χ2v) is 10.8. The summed E-state index contributed by atoms with van der Waals surface area (Å²) in [4.78, 5) is 32.4. The number of hydrogen-bond donors (Lipinski definition) is 2. The van der Waals surface area contributed by atoms with Gasteiger partial charge < -0.3 is 20.5 Å². The molecule has 36 heavy (non-hydrogen) atoms. The number of nitrogens with zero attached hydrogens (tertiary/aromatic N) is 2. The zero-order valence-corrected chi connectivity index (χ0v) is 22.1. The maximum absolute atomic E-state index is 13.3. The smallest absolute Gasteiger partial charge is 0.223 e. The summed E-state index contributed by atoms with van der Waals surface area (Å²) in [6, 6.07) is 16.5. The van der Waals surface area contributed by atoms with Crippen LogP contribution in [0.5, 0.6) is 0 Å². The molecular formula is C29H37ClN4O2. The monoisotopic (exact) mass is 508 g/mol. The number of nitrogens with one attached hydrogen (secondary N) is 1. The first kappa shape index (κ1) is 26.2. The highest BCUT2D eigenvalue weighted by Gasteiger charge is 2.39.